The van der Waals surface area contributed by atoms with E-state index in [2.05, 4.69) is 25.1 Å². The number of halogens is 1. The second-order valence-corrected chi connectivity index (χ2v) is 6.97. The van der Waals surface area contributed by atoms with Crippen molar-refractivity contribution in [3.05, 3.63) is 65.6 Å². The molecular formula is C20H20ClN5O. The number of ether oxygens (including phenoxy) is 1. The number of piperidine rings is 1. The van der Waals surface area contributed by atoms with Gasteiger partial charge < -0.3 is 9.64 Å². The number of hydrogen-bond donors (Lipinski definition) is 0. The second-order valence-electron chi connectivity index (χ2n) is 6.53. The molecule has 1 aliphatic rings. The zero-order chi connectivity index (χ0) is 18.5. The lowest BCUT2D eigenvalue weighted by Crippen LogP contribution is -2.40. The number of rotatable bonds is 5. The maximum absolute atomic E-state index is 6.09. The summed E-state index contributed by atoms with van der Waals surface area (Å²) in [5.74, 6) is 0.627. The first-order valence-electron chi connectivity index (χ1n) is 8.99. The summed E-state index contributed by atoms with van der Waals surface area (Å²) in [6.45, 7) is 2.21. The minimum Gasteiger partial charge on any atom is -0.372 e. The highest BCUT2D eigenvalue weighted by Crippen LogP contribution is 2.23. The van der Waals surface area contributed by atoms with Gasteiger partial charge in [-0.2, -0.15) is 5.10 Å². The van der Waals surface area contributed by atoms with Gasteiger partial charge in [-0.3, -0.25) is 4.98 Å². The fraction of sp³-hybridized carbons (Fsp3) is 0.300. The van der Waals surface area contributed by atoms with Gasteiger partial charge in [0.2, 0.25) is 5.95 Å². The molecule has 3 heterocycles. The van der Waals surface area contributed by atoms with E-state index in [1.807, 2.05) is 42.6 Å². The van der Waals surface area contributed by atoms with Crippen LogP contribution >= 0.6 is 11.6 Å². The van der Waals surface area contributed by atoms with Crippen molar-refractivity contribution in [3.8, 4) is 11.3 Å². The van der Waals surface area contributed by atoms with Crippen LogP contribution in [0.4, 0.5) is 5.95 Å². The van der Waals surface area contributed by atoms with E-state index >= 15 is 0 Å². The summed E-state index contributed by atoms with van der Waals surface area (Å²) in [5.41, 5.74) is 2.77. The summed E-state index contributed by atoms with van der Waals surface area (Å²) in [7, 11) is 0. The highest BCUT2D eigenvalue weighted by molar-refractivity contribution is 6.30. The Hall–Kier alpha value is -2.57. The lowest BCUT2D eigenvalue weighted by molar-refractivity contribution is 0.0311. The van der Waals surface area contributed by atoms with E-state index in [4.69, 9.17) is 16.3 Å². The first-order chi connectivity index (χ1) is 13.3. The Morgan fingerprint density at radius 3 is 3.00 bits per heavy atom. The summed E-state index contributed by atoms with van der Waals surface area (Å²) in [6.07, 6.45) is 7.46. The molecule has 3 aromatic rings. The quantitative estimate of drug-likeness (QED) is 0.670. The van der Waals surface area contributed by atoms with Gasteiger partial charge in [0.05, 0.1) is 24.6 Å². The molecule has 1 fully saturated rings. The van der Waals surface area contributed by atoms with Crippen LogP contribution in [-0.2, 0) is 11.3 Å². The molecule has 0 amide bonds. The fourth-order valence-electron chi connectivity index (χ4n) is 3.17. The van der Waals surface area contributed by atoms with Gasteiger partial charge in [0.25, 0.3) is 0 Å². The van der Waals surface area contributed by atoms with Gasteiger partial charge in [-0.15, -0.1) is 5.10 Å². The molecule has 0 bridgehead atoms. The zero-order valence-electron chi connectivity index (χ0n) is 14.8. The maximum atomic E-state index is 6.09. The Kier molecular flexibility index (Phi) is 5.55. The van der Waals surface area contributed by atoms with Crippen LogP contribution < -0.4 is 4.90 Å². The third-order valence-electron chi connectivity index (χ3n) is 4.54. The van der Waals surface area contributed by atoms with E-state index < -0.39 is 0 Å². The Labute approximate surface area is 163 Å². The molecule has 1 aliphatic heterocycles. The summed E-state index contributed by atoms with van der Waals surface area (Å²) in [5, 5.41) is 9.04. The third-order valence-corrected chi connectivity index (χ3v) is 4.77. The molecule has 7 heteroatoms. The van der Waals surface area contributed by atoms with Crippen LogP contribution in [0.15, 0.2) is 55.0 Å². The molecule has 0 N–H and O–H groups in total. The predicted molar refractivity (Wildman–Crippen MR) is 105 cm³/mol. The Morgan fingerprint density at radius 1 is 1.19 bits per heavy atom. The van der Waals surface area contributed by atoms with Gasteiger partial charge >= 0.3 is 0 Å². The molecule has 1 saturated heterocycles. The average Bonchev–Trinajstić information content (AvgIpc) is 2.73. The largest absolute Gasteiger partial charge is 0.372 e. The minimum atomic E-state index is 0.136. The molecule has 138 valence electrons. The van der Waals surface area contributed by atoms with Crippen LogP contribution in [-0.4, -0.2) is 39.4 Å². The highest BCUT2D eigenvalue weighted by atomic mass is 35.5. The molecular weight excluding hydrogens is 362 g/mol. The van der Waals surface area contributed by atoms with Crippen molar-refractivity contribution in [2.75, 3.05) is 18.0 Å². The molecule has 2 aromatic heterocycles. The SMILES string of the molecule is Clc1cccc(-c2cnnc(N3CCC[C@H](OCc4cccnc4)C3)n2)c1. The van der Waals surface area contributed by atoms with Crippen molar-refractivity contribution in [2.45, 2.75) is 25.6 Å². The van der Waals surface area contributed by atoms with Crippen LogP contribution in [0.5, 0.6) is 0 Å². The normalized spacial score (nSPS) is 17.1. The van der Waals surface area contributed by atoms with Crippen LogP contribution in [0, 0.1) is 0 Å². The van der Waals surface area contributed by atoms with Gasteiger partial charge in [-0.1, -0.05) is 29.8 Å². The zero-order valence-corrected chi connectivity index (χ0v) is 15.6. The second kappa shape index (κ2) is 8.41. The lowest BCUT2D eigenvalue weighted by Gasteiger charge is -2.32. The molecule has 0 radical (unpaired) electrons. The number of benzene rings is 1. The van der Waals surface area contributed by atoms with E-state index in [9.17, 15) is 0 Å². The number of aromatic nitrogens is 4. The Bertz CT molecular complexity index is 892. The van der Waals surface area contributed by atoms with Crippen molar-refractivity contribution in [1.29, 1.82) is 0 Å². The van der Waals surface area contributed by atoms with Crippen molar-refractivity contribution in [1.82, 2.24) is 20.2 Å². The number of pyridine rings is 1. The molecule has 1 atom stereocenters. The van der Waals surface area contributed by atoms with Gasteiger partial charge in [-0.25, -0.2) is 4.98 Å². The molecule has 0 spiro atoms. The maximum Gasteiger partial charge on any atom is 0.245 e. The average molecular weight is 382 g/mol. The van der Waals surface area contributed by atoms with Crippen LogP contribution in [0.1, 0.15) is 18.4 Å². The predicted octanol–water partition coefficient (Wildman–Crippen LogP) is 3.77. The standard InChI is InChI=1S/C20H20ClN5O/c21-17-6-1-5-16(10-17)19-12-23-25-20(24-19)26-9-3-7-18(13-26)27-14-15-4-2-8-22-11-15/h1-2,4-6,8,10-12,18H,3,7,9,13-14H2/t18-/m0/s1. The van der Waals surface area contributed by atoms with E-state index in [-0.39, 0.29) is 6.10 Å². The molecule has 6 nitrogen and oxygen atoms in total. The van der Waals surface area contributed by atoms with Gasteiger partial charge in [-0.05, 0) is 36.6 Å². The Balaban J connectivity index is 1.44. The number of anilines is 1. The van der Waals surface area contributed by atoms with Crippen molar-refractivity contribution >= 4 is 17.5 Å². The van der Waals surface area contributed by atoms with Crippen LogP contribution in [0.2, 0.25) is 5.02 Å². The third kappa shape index (κ3) is 4.59. The molecule has 1 aromatic carbocycles. The van der Waals surface area contributed by atoms with E-state index in [0.29, 0.717) is 17.6 Å². The summed E-state index contributed by atoms with van der Waals surface area (Å²) < 4.78 is 6.08. The monoisotopic (exact) mass is 381 g/mol. The van der Waals surface area contributed by atoms with Crippen LogP contribution in [0.3, 0.4) is 0 Å². The first kappa shape index (κ1) is 17.8. The number of hydrogen-bond acceptors (Lipinski definition) is 6. The van der Waals surface area contributed by atoms with Gasteiger partial charge in [0.15, 0.2) is 0 Å². The minimum absolute atomic E-state index is 0.136. The molecule has 0 saturated carbocycles. The van der Waals surface area contributed by atoms with E-state index in [1.165, 1.54) is 0 Å². The molecule has 0 aliphatic carbocycles. The highest BCUT2D eigenvalue weighted by Gasteiger charge is 2.23. The van der Waals surface area contributed by atoms with Crippen molar-refractivity contribution in [3.63, 3.8) is 0 Å². The summed E-state index contributed by atoms with van der Waals surface area (Å²) in [4.78, 5) is 11.0. The smallest absolute Gasteiger partial charge is 0.245 e. The molecule has 0 unspecified atom stereocenters. The molecule has 4 rings (SSSR count). The van der Waals surface area contributed by atoms with Crippen LogP contribution in [0.25, 0.3) is 11.3 Å². The van der Waals surface area contributed by atoms with Crippen molar-refractivity contribution in [2.24, 2.45) is 0 Å². The topological polar surface area (TPSA) is 64.0 Å². The number of nitrogens with zero attached hydrogens (tertiary/aromatic N) is 5. The summed E-state index contributed by atoms with van der Waals surface area (Å²) >= 11 is 6.09. The first-order valence-corrected chi connectivity index (χ1v) is 9.37. The fourth-order valence-corrected chi connectivity index (χ4v) is 3.36. The van der Waals surface area contributed by atoms with E-state index in [1.54, 1.807) is 12.4 Å². The lowest BCUT2D eigenvalue weighted by atomic mass is 10.1. The van der Waals surface area contributed by atoms with Gasteiger partial charge in [0, 0.05) is 36.1 Å². The Morgan fingerprint density at radius 2 is 2.15 bits per heavy atom. The van der Waals surface area contributed by atoms with E-state index in [0.717, 1.165) is 42.8 Å². The molecule has 27 heavy (non-hydrogen) atoms. The van der Waals surface area contributed by atoms with Gasteiger partial charge in [0.1, 0.15) is 0 Å². The van der Waals surface area contributed by atoms with Crippen molar-refractivity contribution < 1.29 is 4.74 Å². The summed E-state index contributed by atoms with van der Waals surface area (Å²) in [6, 6.07) is 11.5.